The van der Waals surface area contributed by atoms with Crippen LogP contribution in [0.4, 0.5) is 0 Å². The van der Waals surface area contributed by atoms with E-state index in [0.29, 0.717) is 0 Å². The molecule has 0 fully saturated rings. The summed E-state index contributed by atoms with van der Waals surface area (Å²) < 4.78 is 0. The molecule has 0 aliphatic heterocycles. The molecule has 16 heavy (non-hydrogen) atoms. The van der Waals surface area contributed by atoms with Gasteiger partial charge >= 0.3 is 0 Å². The molecule has 1 aromatic carbocycles. The van der Waals surface area contributed by atoms with Gasteiger partial charge in [0.25, 0.3) is 0 Å². The zero-order valence-corrected chi connectivity index (χ0v) is 10.9. The van der Waals surface area contributed by atoms with E-state index in [1.807, 2.05) is 0 Å². The standard InChI is InChI=1S/C16H24/c1-4-5-7-10-14(2)15(3)13-16-11-8-6-9-12-16/h6,8-9,11-12H,4-5,7,10,13H2,1-3H3/b15-14-. The summed E-state index contributed by atoms with van der Waals surface area (Å²) in [7, 11) is 0. The Morgan fingerprint density at radius 1 is 0.938 bits per heavy atom. The molecule has 0 bridgehead atoms. The van der Waals surface area contributed by atoms with Crippen LogP contribution in [0.15, 0.2) is 41.5 Å². The Balaban J connectivity index is 2.49. The quantitative estimate of drug-likeness (QED) is 0.456. The number of benzene rings is 1. The van der Waals surface area contributed by atoms with Crippen LogP contribution in [0.3, 0.4) is 0 Å². The third-order valence-corrected chi connectivity index (χ3v) is 3.20. The lowest BCUT2D eigenvalue weighted by Gasteiger charge is -2.08. The van der Waals surface area contributed by atoms with E-state index in [-0.39, 0.29) is 0 Å². The van der Waals surface area contributed by atoms with Gasteiger partial charge in [-0.15, -0.1) is 0 Å². The summed E-state index contributed by atoms with van der Waals surface area (Å²) in [6.45, 7) is 6.82. The molecule has 0 N–H and O–H groups in total. The SMILES string of the molecule is CCCCC/C(C)=C(/C)Cc1ccccc1. The molecular formula is C16H24. The largest absolute Gasteiger partial charge is 0.0741 e. The topological polar surface area (TPSA) is 0 Å². The fourth-order valence-corrected chi connectivity index (χ4v) is 1.91. The molecule has 0 saturated carbocycles. The Labute approximate surface area is 100 Å². The second-order valence-corrected chi connectivity index (χ2v) is 4.68. The van der Waals surface area contributed by atoms with Gasteiger partial charge in [0.1, 0.15) is 0 Å². The summed E-state index contributed by atoms with van der Waals surface area (Å²) in [4.78, 5) is 0. The van der Waals surface area contributed by atoms with Crippen LogP contribution in [0, 0.1) is 0 Å². The number of unbranched alkanes of at least 4 members (excludes halogenated alkanes) is 2. The van der Waals surface area contributed by atoms with E-state index in [4.69, 9.17) is 0 Å². The second-order valence-electron chi connectivity index (χ2n) is 4.68. The van der Waals surface area contributed by atoms with Gasteiger partial charge in [-0.25, -0.2) is 0 Å². The third kappa shape index (κ3) is 4.65. The molecule has 0 heteroatoms. The van der Waals surface area contributed by atoms with Crippen molar-refractivity contribution in [1.29, 1.82) is 0 Å². The second kappa shape index (κ2) is 7.27. The maximum absolute atomic E-state index is 2.29. The summed E-state index contributed by atoms with van der Waals surface area (Å²) >= 11 is 0. The van der Waals surface area contributed by atoms with Crippen molar-refractivity contribution >= 4 is 0 Å². The van der Waals surface area contributed by atoms with Crippen molar-refractivity contribution in [1.82, 2.24) is 0 Å². The third-order valence-electron chi connectivity index (χ3n) is 3.20. The average molecular weight is 216 g/mol. The smallest absolute Gasteiger partial charge is 0.00673 e. The maximum atomic E-state index is 2.29. The predicted octanol–water partition coefficient (Wildman–Crippen LogP) is 5.15. The van der Waals surface area contributed by atoms with E-state index in [2.05, 4.69) is 51.1 Å². The minimum Gasteiger partial charge on any atom is -0.0741 e. The van der Waals surface area contributed by atoms with Crippen LogP contribution >= 0.6 is 0 Å². The van der Waals surface area contributed by atoms with E-state index in [1.54, 1.807) is 11.1 Å². The molecule has 88 valence electrons. The maximum Gasteiger partial charge on any atom is -0.00673 e. The first kappa shape index (κ1) is 13.0. The first-order valence-corrected chi connectivity index (χ1v) is 6.43. The Kier molecular flexibility index (Phi) is 5.92. The van der Waals surface area contributed by atoms with Gasteiger partial charge in [0.15, 0.2) is 0 Å². The van der Waals surface area contributed by atoms with Gasteiger partial charge < -0.3 is 0 Å². The molecule has 0 saturated heterocycles. The lowest BCUT2D eigenvalue weighted by molar-refractivity contribution is 0.708. The van der Waals surface area contributed by atoms with Crippen LogP contribution in [0.5, 0.6) is 0 Å². The van der Waals surface area contributed by atoms with Crippen LogP contribution in [-0.4, -0.2) is 0 Å². The molecule has 0 unspecified atom stereocenters. The van der Waals surface area contributed by atoms with E-state index in [0.717, 1.165) is 6.42 Å². The minimum absolute atomic E-state index is 1.11. The molecular weight excluding hydrogens is 192 g/mol. The van der Waals surface area contributed by atoms with E-state index >= 15 is 0 Å². The van der Waals surface area contributed by atoms with Gasteiger partial charge in [0.05, 0.1) is 0 Å². The van der Waals surface area contributed by atoms with Crippen LogP contribution < -0.4 is 0 Å². The molecule has 0 aromatic heterocycles. The number of rotatable bonds is 6. The highest BCUT2D eigenvalue weighted by molar-refractivity contribution is 5.23. The number of hydrogen-bond acceptors (Lipinski definition) is 0. The molecule has 0 radical (unpaired) electrons. The fraction of sp³-hybridized carbons (Fsp3) is 0.500. The predicted molar refractivity (Wildman–Crippen MR) is 72.7 cm³/mol. The number of hydrogen-bond donors (Lipinski definition) is 0. The molecule has 1 aromatic rings. The zero-order valence-electron chi connectivity index (χ0n) is 10.9. The molecule has 1 rings (SSSR count). The van der Waals surface area contributed by atoms with E-state index in [1.165, 1.54) is 31.2 Å². The van der Waals surface area contributed by atoms with Crippen molar-refractivity contribution in [3.05, 3.63) is 47.0 Å². The van der Waals surface area contributed by atoms with Crippen molar-refractivity contribution in [2.24, 2.45) is 0 Å². The molecule has 0 amide bonds. The molecule has 0 aliphatic rings. The van der Waals surface area contributed by atoms with Crippen LogP contribution in [-0.2, 0) is 6.42 Å². The van der Waals surface area contributed by atoms with Crippen LogP contribution in [0.25, 0.3) is 0 Å². The lowest BCUT2D eigenvalue weighted by Crippen LogP contribution is -1.91. The van der Waals surface area contributed by atoms with Gasteiger partial charge in [-0.05, 0) is 38.7 Å². The van der Waals surface area contributed by atoms with Crippen molar-refractivity contribution < 1.29 is 0 Å². The molecule has 0 nitrogen and oxygen atoms in total. The minimum atomic E-state index is 1.11. The normalized spacial score (nSPS) is 12.4. The Hall–Kier alpha value is -1.04. The Morgan fingerprint density at radius 3 is 2.25 bits per heavy atom. The van der Waals surface area contributed by atoms with Gasteiger partial charge in [-0.3, -0.25) is 0 Å². The number of allylic oxidation sites excluding steroid dienone is 2. The Bertz CT molecular complexity index is 319. The highest BCUT2D eigenvalue weighted by Gasteiger charge is 1.99. The summed E-state index contributed by atoms with van der Waals surface area (Å²) in [6, 6.07) is 10.7. The van der Waals surface area contributed by atoms with Gasteiger partial charge in [0, 0.05) is 0 Å². The summed E-state index contributed by atoms with van der Waals surface area (Å²) in [5.41, 5.74) is 4.55. The molecule has 0 aliphatic carbocycles. The highest BCUT2D eigenvalue weighted by Crippen LogP contribution is 2.16. The molecule has 0 spiro atoms. The van der Waals surface area contributed by atoms with Crippen molar-refractivity contribution in [2.75, 3.05) is 0 Å². The average Bonchev–Trinajstić information content (AvgIpc) is 2.30. The van der Waals surface area contributed by atoms with Crippen molar-refractivity contribution in [3.8, 4) is 0 Å². The van der Waals surface area contributed by atoms with Gasteiger partial charge in [0.2, 0.25) is 0 Å². The molecule has 0 heterocycles. The first-order chi connectivity index (χ1) is 7.74. The summed E-state index contributed by atoms with van der Waals surface area (Å²) in [5.74, 6) is 0. The van der Waals surface area contributed by atoms with Gasteiger partial charge in [-0.1, -0.05) is 61.2 Å². The van der Waals surface area contributed by atoms with Crippen molar-refractivity contribution in [2.45, 2.75) is 52.9 Å². The lowest BCUT2D eigenvalue weighted by atomic mass is 9.98. The van der Waals surface area contributed by atoms with E-state index in [9.17, 15) is 0 Å². The zero-order chi connectivity index (χ0) is 11.8. The highest BCUT2D eigenvalue weighted by atomic mass is 14.0. The van der Waals surface area contributed by atoms with Crippen molar-refractivity contribution in [3.63, 3.8) is 0 Å². The van der Waals surface area contributed by atoms with E-state index < -0.39 is 0 Å². The van der Waals surface area contributed by atoms with Crippen LogP contribution in [0.2, 0.25) is 0 Å². The monoisotopic (exact) mass is 216 g/mol. The Morgan fingerprint density at radius 2 is 1.62 bits per heavy atom. The summed E-state index contributed by atoms with van der Waals surface area (Å²) in [6.07, 6.45) is 6.39. The van der Waals surface area contributed by atoms with Gasteiger partial charge in [-0.2, -0.15) is 0 Å². The first-order valence-electron chi connectivity index (χ1n) is 6.43. The molecule has 0 atom stereocenters. The summed E-state index contributed by atoms with van der Waals surface area (Å²) in [5, 5.41) is 0. The fourth-order valence-electron chi connectivity index (χ4n) is 1.91. The van der Waals surface area contributed by atoms with Crippen LogP contribution in [0.1, 0.15) is 52.0 Å².